The minimum Gasteiger partial charge on any atom is -0.399 e. The van der Waals surface area contributed by atoms with Gasteiger partial charge in [0, 0.05) is 43.5 Å². The van der Waals surface area contributed by atoms with Gasteiger partial charge in [0.15, 0.2) is 0 Å². The van der Waals surface area contributed by atoms with Gasteiger partial charge in [-0.2, -0.15) is 0 Å². The van der Waals surface area contributed by atoms with E-state index < -0.39 is 0 Å². The lowest BCUT2D eigenvalue weighted by atomic mass is 9.93. The predicted molar refractivity (Wildman–Crippen MR) is 90.3 cm³/mol. The first kappa shape index (κ1) is 17.3. The maximum absolute atomic E-state index is 12.7. The van der Waals surface area contributed by atoms with Crippen LogP contribution in [0.15, 0.2) is 18.2 Å². The van der Waals surface area contributed by atoms with Crippen molar-refractivity contribution in [2.24, 2.45) is 5.41 Å². The number of nitrogens with two attached hydrogens (primary N) is 1. The lowest BCUT2D eigenvalue weighted by Crippen LogP contribution is -2.43. The number of carbonyl (C=O) groups excluding carboxylic acids is 1. The topological polar surface area (TPSA) is 49.6 Å². The summed E-state index contributed by atoms with van der Waals surface area (Å²) < 4.78 is 0. The van der Waals surface area contributed by atoms with Gasteiger partial charge in [-0.3, -0.25) is 4.79 Å². The molecule has 0 aliphatic heterocycles. The van der Waals surface area contributed by atoms with Gasteiger partial charge >= 0.3 is 0 Å². The van der Waals surface area contributed by atoms with Gasteiger partial charge in [0.2, 0.25) is 5.91 Å². The molecule has 0 saturated carbocycles. The molecule has 21 heavy (non-hydrogen) atoms. The van der Waals surface area contributed by atoms with Crippen LogP contribution in [0.2, 0.25) is 0 Å². The number of hydrogen-bond acceptors (Lipinski definition) is 3. The minimum atomic E-state index is -0.386. The van der Waals surface area contributed by atoms with Crippen LogP contribution >= 0.6 is 0 Å². The van der Waals surface area contributed by atoms with E-state index in [2.05, 4.69) is 4.90 Å². The zero-order valence-corrected chi connectivity index (χ0v) is 14.4. The summed E-state index contributed by atoms with van der Waals surface area (Å²) in [7, 11) is 4.00. The quantitative estimate of drug-likeness (QED) is 0.867. The number of nitrogens with zero attached hydrogens (tertiary/aromatic N) is 2. The third-order valence-corrected chi connectivity index (χ3v) is 3.45. The van der Waals surface area contributed by atoms with E-state index in [9.17, 15) is 4.79 Å². The molecule has 2 N–H and O–H groups in total. The lowest BCUT2D eigenvalue weighted by Gasteiger charge is -2.34. The highest BCUT2D eigenvalue weighted by atomic mass is 16.2. The van der Waals surface area contributed by atoms with Gasteiger partial charge in [-0.15, -0.1) is 0 Å². The molecular formula is C17H29N3O. The van der Waals surface area contributed by atoms with Crippen molar-refractivity contribution in [1.29, 1.82) is 0 Å². The summed E-state index contributed by atoms with van der Waals surface area (Å²) in [6.07, 6.45) is 0. The van der Waals surface area contributed by atoms with Crippen LogP contribution in [0, 0.1) is 5.41 Å². The molecular weight excluding hydrogens is 262 g/mol. The number of nitrogen functional groups attached to an aromatic ring is 1. The van der Waals surface area contributed by atoms with Crippen molar-refractivity contribution in [2.75, 3.05) is 24.7 Å². The molecule has 1 amide bonds. The van der Waals surface area contributed by atoms with Crippen molar-refractivity contribution in [2.45, 2.75) is 47.2 Å². The Labute approximate surface area is 128 Å². The van der Waals surface area contributed by atoms with Crippen LogP contribution in [0.1, 0.15) is 40.2 Å². The molecule has 1 aromatic rings. The molecule has 0 unspecified atom stereocenters. The van der Waals surface area contributed by atoms with Crippen molar-refractivity contribution in [3.05, 3.63) is 23.8 Å². The van der Waals surface area contributed by atoms with E-state index in [4.69, 9.17) is 5.73 Å². The Morgan fingerprint density at radius 1 is 1.24 bits per heavy atom. The molecule has 0 bridgehead atoms. The first-order chi connectivity index (χ1) is 9.54. The second kappa shape index (κ2) is 6.37. The van der Waals surface area contributed by atoms with E-state index in [1.807, 2.05) is 71.8 Å². The monoisotopic (exact) mass is 291 g/mol. The first-order valence-corrected chi connectivity index (χ1v) is 7.41. The molecule has 0 atom stereocenters. The Kier molecular flexibility index (Phi) is 5.26. The van der Waals surface area contributed by atoms with Gasteiger partial charge in [0.25, 0.3) is 0 Å². The number of amides is 1. The van der Waals surface area contributed by atoms with Crippen LogP contribution in [-0.4, -0.2) is 30.9 Å². The zero-order chi connectivity index (χ0) is 16.4. The van der Waals surface area contributed by atoms with Gasteiger partial charge in [-0.1, -0.05) is 20.8 Å². The van der Waals surface area contributed by atoms with Crippen LogP contribution in [0.4, 0.5) is 11.4 Å². The van der Waals surface area contributed by atoms with E-state index in [1.165, 1.54) is 0 Å². The zero-order valence-electron chi connectivity index (χ0n) is 14.4. The van der Waals surface area contributed by atoms with Crippen LogP contribution in [-0.2, 0) is 11.3 Å². The van der Waals surface area contributed by atoms with Crippen LogP contribution in [0.25, 0.3) is 0 Å². The third-order valence-electron chi connectivity index (χ3n) is 3.45. The molecule has 0 aromatic heterocycles. The summed E-state index contributed by atoms with van der Waals surface area (Å²) in [5.74, 6) is 0.157. The number of rotatable bonds is 4. The fourth-order valence-electron chi connectivity index (χ4n) is 2.27. The van der Waals surface area contributed by atoms with Gasteiger partial charge in [-0.25, -0.2) is 0 Å². The molecule has 0 spiro atoms. The molecule has 0 aliphatic carbocycles. The van der Waals surface area contributed by atoms with Crippen molar-refractivity contribution in [3.8, 4) is 0 Å². The van der Waals surface area contributed by atoms with Gasteiger partial charge in [0.05, 0.1) is 0 Å². The molecule has 1 rings (SSSR count). The summed E-state index contributed by atoms with van der Waals surface area (Å²) in [5, 5.41) is 0. The standard InChI is InChI=1S/C17H29N3O/c1-12(2)20(16(21)17(3,4)5)11-13-10-14(18)8-9-15(13)19(6)7/h8-10,12H,11,18H2,1-7H3. The number of anilines is 2. The summed E-state index contributed by atoms with van der Waals surface area (Å²) in [5.41, 5.74) is 8.43. The highest BCUT2D eigenvalue weighted by Gasteiger charge is 2.29. The molecule has 1 aromatic carbocycles. The molecule has 4 heteroatoms. The lowest BCUT2D eigenvalue weighted by molar-refractivity contribution is -0.141. The molecule has 118 valence electrons. The van der Waals surface area contributed by atoms with Crippen LogP contribution in [0.5, 0.6) is 0 Å². The maximum atomic E-state index is 12.7. The molecule has 0 heterocycles. The average molecular weight is 291 g/mol. The minimum absolute atomic E-state index is 0.146. The smallest absolute Gasteiger partial charge is 0.228 e. The second-order valence-electron chi connectivity index (χ2n) is 7.06. The molecule has 0 saturated heterocycles. The van der Waals surface area contributed by atoms with E-state index >= 15 is 0 Å². The summed E-state index contributed by atoms with van der Waals surface area (Å²) in [6, 6.07) is 6.00. The fraction of sp³-hybridized carbons (Fsp3) is 0.588. The van der Waals surface area contributed by atoms with E-state index in [0.29, 0.717) is 6.54 Å². The highest BCUT2D eigenvalue weighted by molar-refractivity contribution is 5.82. The van der Waals surface area contributed by atoms with Crippen molar-refractivity contribution in [1.82, 2.24) is 4.90 Å². The van der Waals surface area contributed by atoms with Gasteiger partial charge in [0.1, 0.15) is 0 Å². The molecule has 0 fully saturated rings. The number of hydrogen-bond donors (Lipinski definition) is 1. The Bertz CT molecular complexity index is 501. The Balaban J connectivity index is 3.16. The maximum Gasteiger partial charge on any atom is 0.228 e. The second-order valence-corrected chi connectivity index (χ2v) is 7.06. The highest BCUT2D eigenvalue weighted by Crippen LogP contribution is 2.26. The summed E-state index contributed by atoms with van der Waals surface area (Å²) in [4.78, 5) is 16.6. The number of benzene rings is 1. The third kappa shape index (κ3) is 4.38. The summed E-state index contributed by atoms with van der Waals surface area (Å²) >= 11 is 0. The molecule has 4 nitrogen and oxygen atoms in total. The van der Waals surface area contributed by atoms with Crippen molar-refractivity contribution >= 4 is 17.3 Å². The SMILES string of the molecule is CC(C)N(Cc1cc(N)ccc1N(C)C)C(=O)C(C)(C)C. The van der Waals surface area contributed by atoms with E-state index in [0.717, 1.165) is 16.9 Å². The fourth-order valence-corrected chi connectivity index (χ4v) is 2.27. The van der Waals surface area contributed by atoms with Crippen LogP contribution < -0.4 is 10.6 Å². The van der Waals surface area contributed by atoms with Gasteiger partial charge in [-0.05, 0) is 37.6 Å². The Hall–Kier alpha value is -1.71. The van der Waals surface area contributed by atoms with E-state index in [1.54, 1.807) is 0 Å². The van der Waals surface area contributed by atoms with Crippen molar-refractivity contribution < 1.29 is 4.79 Å². The number of carbonyl (C=O) groups is 1. The van der Waals surface area contributed by atoms with Crippen molar-refractivity contribution in [3.63, 3.8) is 0 Å². The van der Waals surface area contributed by atoms with E-state index in [-0.39, 0.29) is 17.4 Å². The summed E-state index contributed by atoms with van der Waals surface area (Å²) in [6.45, 7) is 10.5. The average Bonchev–Trinajstić information content (AvgIpc) is 2.33. The molecule has 0 radical (unpaired) electrons. The Morgan fingerprint density at radius 2 is 1.81 bits per heavy atom. The largest absolute Gasteiger partial charge is 0.399 e. The Morgan fingerprint density at radius 3 is 2.24 bits per heavy atom. The van der Waals surface area contributed by atoms with Crippen LogP contribution in [0.3, 0.4) is 0 Å². The normalized spacial score (nSPS) is 11.6. The molecule has 0 aliphatic rings. The van der Waals surface area contributed by atoms with Gasteiger partial charge < -0.3 is 15.5 Å². The first-order valence-electron chi connectivity index (χ1n) is 7.41. The predicted octanol–water partition coefficient (Wildman–Crippen LogP) is 3.12.